The zero-order valence-electron chi connectivity index (χ0n) is 9.97. The molecule has 2 heterocycles. The van der Waals surface area contributed by atoms with E-state index in [-0.39, 0.29) is 0 Å². The van der Waals surface area contributed by atoms with Crippen LogP contribution >= 0.6 is 15.9 Å². The highest BCUT2D eigenvalue weighted by atomic mass is 79.9. The molecule has 3 aromatic rings. The van der Waals surface area contributed by atoms with Gasteiger partial charge in [0.15, 0.2) is 5.65 Å². The monoisotopic (exact) mass is 301 g/mol. The van der Waals surface area contributed by atoms with Gasteiger partial charge in [0.05, 0.1) is 4.60 Å². The van der Waals surface area contributed by atoms with Gasteiger partial charge in [-0.15, -0.1) is 10.2 Å². The Morgan fingerprint density at radius 2 is 1.89 bits per heavy atom. The second-order valence-electron chi connectivity index (χ2n) is 4.26. The van der Waals surface area contributed by atoms with Crippen molar-refractivity contribution in [3.05, 3.63) is 64.0 Å². The summed E-state index contributed by atoms with van der Waals surface area (Å²) in [4.78, 5) is 0. The maximum Gasteiger partial charge on any atom is 0.161 e. The Morgan fingerprint density at radius 1 is 1.06 bits per heavy atom. The molecule has 0 atom stereocenters. The Balaban J connectivity index is 2.09. The molecule has 0 aliphatic heterocycles. The van der Waals surface area contributed by atoms with Crippen LogP contribution in [0, 0.1) is 6.92 Å². The molecule has 18 heavy (non-hydrogen) atoms. The third kappa shape index (κ3) is 1.93. The predicted octanol–water partition coefficient (Wildman–Crippen LogP) is 3.39. The number of nitrogens with zero attached hydrogens (tertiary/aromatic N) is 3. The van der Waals surface area contributed by atoms with Crippen LogP contribution in [0.1, 0.15) is 17.0 Å². The fourth-order valence-electron chi connectivity index (χ4n) is 2.05. The summed E-state index contributed by atoms with van der Waals surface area (Å²) in [6.45, 7) is 2.12. The standard InChI is InChI=1S/C14H12BrN3/c1-10-5-2-3-6-11(10)9-14-17-16-13-8-4-7-12(15)18(13)14/h2-8H,9H2,1H3. The van der Waals surface area contributed by atoms with Crippen LogP contribution in [-0.4, -0.2) is 14.6 Å². The Hall–Kier alpha value is -1.68. The Kier molecular flexibility index (Phi) is 2.88. The second-order valence-corrected chi connectivity index (χ2v) is 5.07. The first-order chi connectivity index (χ1) is 8.75. The Labute approximate surface area is 114 Å². The number of hydrogen-bond donors (Lipinski definition) is 0. The van der Waals surface area contributed by atoms with Gasteiger partial charge < -0.3 is 0 Å². The zero-order valence-corrected chi connectivity index (χ0v) is 11.6. The van der Waals surface area contributed by atoms with Crippen LogP contribution in [0.25, 0.3) is 5.65 Å². The van der Waals surface area contributed by atoms with Crippen LogP contribution < -0.4 is 0 Å². The van der Waals surface area contributed by atoms with Gasteiger partial charge in [-0.3, -0.25) is 4.40 Å². The first kappa shape index (κ1) is 11.4. The normalized spacial score (nSPS) is 11.0. The molecule has 0 spiro atoms. The molecule has 0 fully saturated rings. The van der Waals surface area contributed by atoms with E-state index in [9.17, 15) is 0 Å². The van der Waals surface area contributed by atoms with Gasteiger partial charge in [0, 0.05) is 6.42 Å². The summed E-state index contributed by atoms with van der Waals surface area (Å²) in [5.74, 6) is 0.951. The van der Waals surface area contributed by atoms with Crippen LogP contribution in [0.5, 0.6) is 0 Å². The first-order valence-corrected chi connectivity index (χ1v) is 6.58. The molecule has 0 aliphatic rings. The van der Waals surface area contributed by atoms with E-state index >= 15 is 0 Å². The molecule has 0 radical (unpaired) electrons. The number of aryl methyl sites for hydroxylation is 1. The molecule has 0 saturated heterocycles. The van der Waals surface area contributed by atoms with Gasteiger partial charge in [-0.2, -0.15) is 0 Å². The Bertz CT molecular complexity index is 703. The summed E-state index contributed by atoms with van der Waals surface area (Å²) in [5, 5.41) is 8.46. The molecule has 3 rings (SSSR count). The third-order valence-corrected chi connectivity index (χ3v) is 3.68. The topological polar surface area (TPSA) is 30.2 Å². The number of halogens is 1. The number of aromatic nitrogens is 3. The van der Waals surface area contributed by atoms with E-state index < -0.39 is 0 Å². The third-order valence-electron chi connectivity index (χ3n) is 3.06. The van der Waals surface area contributed by atoms with E-state index in [0.717, 1.165) is 22.5 Å². The van der Waals surface area contributed by atoms with E-state index in [2.05, 4.69) is 57.3 Å². The predicted molar refractivity (Wildman–Crippen MR) is 74.7 cm³/mol. The average molecular weight is 302 g/mol. The minimum absolute atomic E-state index is 0.788. The average Bonchev–Trinajstić information content (AvgIpc) is 2.77. The minimum atomic E-state index is 0.788. The minimum Gasteiger partial charge on any atom is -0.273 e. The summed E-state index contributed by atoms with van der Waals surface area (Å²) >= 11 is 3.54. The van der Waals surface area contributed by atoms with Gasteiger partial charge in [-0.1, -0.05) is 30.3 Å². The molecule has 0 amide bonds. The summed E-state index contributed by atoms with van der Waals surface area (Å²) < 4.78 is 3.01. The lowest BCUT2D eigenvalue weighted by Crippen LogP contribution is -1.99. The quantitative estimate of drug-likeness (QED) is 0.679. The summed E-state index contributed by atoms with van der Waals surface area (Å²) in [5.41, 5.74) is 3.43. The summed E-state index contributed by atoms with van der Waals surface area (Å²) in [6, 6.07) is 14.3. The highest BCUT2D eigenvalue weighted by Gasteiger charge is 2.09. The molecule has 0 N–H and O–H groups in total. The molecule has 2 aromatic heterocycles. The van der Waals surface area contributed by atoms with Crippen LogP contribution in [0.3, 0.4) is 0 Å². The number of fused-ring (bicyclic) bond motifs is 1. The molecule has 0 saturated carbocycles. The molecule has 3 nitrogen and oxygen atoms in total. The molecular formula is C14H12BrN3. The first-order valence-electron chi connectivity index (χ1n) is 5.79. The van der Waals surface area contributed by atoms with E-state index in [1.165, 1.54) is 11.1 Å². The van der Waals surface area contributed by atoms with Gasteiger partial charge in [0.1, 0.15) is 5.82 Å². The lowest BCUT2D eigenvalue weighted by Gasteiger charge is -2.05. The van der Waals surface area contributed by atoms with E-state index in [1.54, 1.807) is 0 Å². The molecule has 0 unspecified atom stereocenters. The largest absolute Gasteiger partial charge is 0.273 e. The van der Waals surface area contributed by atoms with E-state index in [4.69, 9.17) is 0 Å². The summed E-state index contributed by atoms with van der Waals surface area (Å²) in [6.07, 6.45) is 0.788. The van der Waals surface area contributed by atoms with Gasteiger partial charge in [-0.25, -0.2) is 0 Å². The van der Waals surface area contributed by atoms with Crippen molar-refractivity contribution in [2.75, 3.05) is 0 Å². The van der Waals surface area contributed by atoms with Crippen molar-refractivity contribution in [2.24, 2.45) is 0 Å². The lowest BCUT2D eigenvalue weighted by molar-refractivity contribution is 0.919. The van der Waals surface area contributed by atoms with Gasteiger partial charge in [-0.05, 0) is 46.1 Å². The Morgan fingerprint density at radius 3 is 2.72 bits per heavy atom. The molecule has 0 bridgehead atoms. The highest BCUT2D eigenvalue weighted by Crippen LogP contribution is 2.18. The summed E-state index contributed by atoms with van der Waals surface area (Å²) in [7, 11) is 0. The second kappa shape index (κ2) is 4.53. The molecule has 0 aliphatic carbocycles. The van der Waals surface area contributed by atoms with Crippen molar-refractivity contribution in [2.45, 2.75) is 13.3 Å². The van der Waals surface area contributed by atoms with Gasteiger partial charge >= 0.3 is 0 Å². The SMILES string of the molecule is Cc1ccccc1Cc1nnc2cccc(Br)n12. The fourth-order valence-corrected chi connectivity index (χ4v) is 2.59. The number of pyridine rings is 1. The van der Waals surface area contributed by atoms with Crippen molar-refractivity contribution in [1.29, 1.82) is 0 Å². The zero-order chi connectivity index (χ0) is 12.5. The van der Waals surface area contributed by atoms with Crippen molar-refractivity contribution in [3.8, 4) is 0 Å². The van der Waals surface area contributed by atoms with Crippen molar-refractivity contribution in [3.63, 3.8) is 0 Å². The number of rotatable bonds is 2. The van der Waals surface area contributed by atoms with Crippen molar-refractivity contribution in [1.82, 2.24) is 14.6 Å². The maximum atomic E-state index is 4.28. The van der Waals surface area contributed by atoms with Gasteiger partial charge in [0.2, 0.25) is 0 Å². The molecular weight excluding hydrogens is 290 g/mol. The lowest BCUT2D eigenvalue weighted by atomic mass is 10.1. The number of hydrogen-bond acceptors (Lipinski definition) is 2. The van der Waals surface area contributed by atoms with Crippen molar-refractivity contribution < 1.29 is 0 Å². The molecule has 90 valence electrons. The smallest absolute Gasteiger partial charge is 0.161 e. The van der Waals surface area contributed by atoms with Crippen LogP contribution in [0.15, 0.2) is 47.1 Å². The van der Waals surface area contributed by atoms with Gasteiger partial charge in [0.25, 0.3) is 0 Å². The van der Waals surface area contributed by atoms with Crippen LogP contribution in [-0.2, 0) is 6.42 Å². The molecule has 4 heteroatoms. The highest BCUT2D eigenvalue weighted by molar-refractivity contribution is 9.10. The number of benzene rings is 1. The van der Waals surface area contributed by atoms with Crippen LogP contribution in [0.2, 0.25) is 0 Å². The van der Waals surface area contributed by atoms with E-state index in [0.29, 0.717) is 0 Å². The van der Waals surface area contributed by atoms with E-state index in [1.807, 2.05) is 22.6 Å². The van der Waals surface area contributed by atoms with Crippen molar-refractivity contribution >= 4 is 21.6 Å². The molecule has 1 aromatic carbocycles. The fraction of sp³-hybridized carbons (Fsp3) is 0.143. The maximum absolute atomic E-state index is 4.28. The van der Waals surface area contributed by atoms with Crippen LogP contribution in [0.4, 0.5) is 0 Å².